The number of para-hydroxylation sites is 1. The molecule has 0 saturated heterocycles. The van der Waals surface area contributed by atoms with E-state index in [1.165, 1.54) is 17.0 Å². The largest absolute Gasteiger partial charge is 0.361 e. The average molecular weight is 284 g/mol. The Labute approximate surface area is 124 Å². The van der Waals surface area contributed by atoms with E-state index in [1.54, 1.807) is 0 Å². The Morgan fingerprint density at radius 1 is 1.05 bits per heavy atom. The van der Waals surface area contributed by atoms with E-state index in [2.05, 4.69) is 35.4 Å². The van der Waals surface area contributed by atoms with E-state index in [0.717, 1.165) is 25.7 Å². The lowest BCUT2D eigenvalue weighted by atomic mass is 10.1. The van der Waals surface area contributed by atoms with Crippen LogP contribution in [0, 0.1) is 0 Å². The highest BCUT2D eigenvalue weighted by molar-refractivity contribution is 6.16. The summed E-state index contributed by atoms with van der Waals surface area (Å²) in [6, 6.07) is 10.3. The molecule has 0 atom stereocenters. The Kier molecular flexibility index (Phi) is 5.32. The van der Waals surface area contributed by atoms with Crippen molar-refractivity contribution in [3.8, 4) is 0 Å². The lowest BCUT2D eigenvalue weighted by Crippen LogP contribution is -2.22. The van der Waals surface area contributed by atoms with E-state index in [9.17, 15) is 9.59 Å². The predicted molar refractivity (Wildman–Crippen MR) is 83.7 cm³/mol. The molecule has 0 bridgehead atoms. The van der Waals surface area contributed by atoms with Crippen molar-refractivity contribution in [3.05, 3.63) is 48.2 Å². The van der Waals surface area contributed by atoms with Crippen molar-refractivity contribution in [1.29, 1.82) is 0 Å². The summed E-state index contributed by atoms with van der Waals surface area (Å²) in [4.78, 5) is 24.8. The maximum atomic E-state index is 11.0. The molecular weight excluding hydrogens is 264 g/mol. The van der Waals surface area contributed by atoms with E-state index in [1.807, 2.05) is 18.3 Å². The number of amides is 2. The first kappa shape index (κ1) is 15.0. The molecule has 0 radical (unpaired) electrons. The number of H-pyrrole nitrogens is 1. The molecule has 2 amide bonds. The van der Waals surface area contributed by atoms with Crippen molar-refractivity contribution < 1.29 is 9.59 Å². The van der Waals surface area contributed by atoms with Gasteiger partial charge in [0.2, 0.25) is 0 Å². The first-order valence-electron chi connectivity index (χ1n) is 7.28. The van der Waals surface area contributed by atoms with Crippen LogP contribution >= 0.6 is 0 Å². The van der Waals surface area contributed by atoms with E-state index >= 15 is 0 Å². The van der Waals surface area contributed by atoms with Gasteiger partial charge in [-0.1, -0.05) is 38.0 Å². The monoisotopic (exact) mass is 284 g/mol. The number of hydrogen-bond acceptors (Lipinski definition) is 2. The van der Waals surface area contributed by atoms with Crippen molar-refractivity contribution in [3.63, 3.8) is 0 Å². The second-order valence-corrected chi connectivity index (χ2v) is 5.01. The summed E-state index contributed by atoms with van der Waals surface area (Å²) in [6.45, 7) is 2.11. The fourth-order valence-corrected chi connectivity index (χ4v) is 2.20. The maximum Gasteiger partial charge on any atom is 0.254 e. The van der Waals surface area contributed by atoms with Crippen LogP contribution in [0.25, 0.3) is 10.9 Å². The van der Waals surface area contributed by atoms with Crippen molar-refractivity contribution in [1.82, 2.24) is 10.3 Å². The van der Waals surface area contributed by atoms with Gasteiger partial charge in [-0.25, -0.2) is 0 Å². The highest BCUT2D eigenvalue weighted by Gasteiger charge is 2.19. The number of carbonyl (C=O) groups is 2. The number of aromatic amines is 1. The van der Waals surface area contributed by atoms with E-state index in [0.29, 0.717) is 5.57 Å². The van der Waals surface area contributed by atoms with Crippen LogP contribution in [0.2, 0.25) is 0 Å². The van der Waals surface area contributed by atoms with E-state index < -0.39 is 0 Å². The Bertz CT molecular complexity index is 625. The summed E-state index contributed by atoms with van der Waals surface area (Å²) >= 11 is 0. The SMILES string of the molecule is CCCCCC1=CC(=O)NC1=O.c1ccc2[nH]ccc2c1. The molecule has 2 heterocycles. The Balaban J connectivity index is 0.000000159. The molecule has 4 heteroatoms. The number of imide groups is 1. The highest BCUT2D eigenvalue weighted by atomic mass is 16.2. The third kappa shape index (κ3) is 4.31. The fraction of sp³-hybridized carbons (Fsp3) is 0.294. The number of rotatable bonds is 4. The number of hydrogen-bond donors (Lipinski definition) is 2. The summed E-state index contributed by atoms with van der Waals surface area (Å²) in [5.41, 5.74) is 1.84. The Morgan fingerprint density at radius 3 is 2.52 bits per heavy atom. The molecule has 2 N–H and O–H groups in total. The minimum atomic E-state index is -0.272. The van der Waals surface area contributed by atoms with Gasteiger partial charge in [-0.05, 0) is 30.4 Å². The van der Waals surface area contributed by atoms with Crippen molar-refractivity contribution in [2.75, 3.05) is 0 Å². The lowest BCUT2D eigenvalue weighted by Gasteiger charge is -1.97. The molecule has 0 saturated carbocycles. The Morgan fingerprint density at radius 2 is 1.86 bits per heavy atom. The van der Waals surface area contributed by atoms with Crippen molar-refractivity contribution in [2.45, 2.75) is 32.6 Å². The molecule has 0 unspecified atom stereocenters. The van der Waals surface area contributed by atoms with Gasteiger partial charge in [-0.3, -0.25) is 14.9 Å². The molecule has 0 fully saturated rings. The van der Waals surface area contributed by atoms with Gasteiger partial charge >= 0.3 is 0 Å². The third-order valence-corrected chi connectivity index (χ3v) is 3.35. The van der Waals surface area contributed by atoms with Crippen LogP contribution in [-0.4, -0.2) is 16.8 Å². The molecule has 1 aromatic carbocycles. The smallest absolute Gasteiger partial charge is 0.254 e. The molecule has 21 heavy (non-hydrogen) atoms. The summed E-state index contributed by atoms with van der Waals surface area (Å²) in [5, 5.41) is 3.50. The topological polar surface area (TPSA) is 62.0 Å². The molecule has 0 spiro atoms. The van der Waals surface area contributed by atoms with Gasteiger partial charge in [0, 0.05) is 23.4 Å². The van der Waals surface area contributed by atoms with Crippen LogP contribution in [0.1, 0.15) is 32.6 Å². The quantitative estimate of drug-likeness (QED) is 0.668. The fourth-order valence-electron chi connectivity index (χ4n) is 2.20. The average Bonchev–Trinajstić information content (AvgIpc) is 3.06. The minimum Gasteiger partial charge on any atom is -0.361 e. The zero-order valence-corrected chi connectivity index (χ0v) is 12.2. The van der Waals surface area contributed by atoms with Crippen molar-refractivity contribution >= 4 is 22.7 Å². The number of benzene rings is 1. The molecule has 3 rings (SSSR count). The normalized spacial score (nSPS) is 13.7. The van der Waals surface area contributed by atoms with Gasteiger partial charge < -0.3 is 4.98 Å². The first-order valence-corrected chi connectivity index (χ1v) is 7.28. The van der Waals surface area contributed by atoms with Crippen LogP contribution in [0.15, 0.2) is 48.2 Å². The summed E-state index contributed by atoms with van der Waals surface area (Å²) < 4.78 is 0. The van der Waals surface area contributed by atoms with E-state index in [4.69, 9.17) is 0 Å². The molecule has 1 aliphatic heterocycles. The second kappa shape index (κ2) is 7.43. The van der Waals surface area contributed by atoms with Gasteiger partial charge in [-0.2, -0.15) is 0 Å². The van der Waals surface area contributed by atoms with Gasteiger partial charge in [-0.15, -0.1) is 0 Å². The first-order chi connectivity index (χ1) is 10.2. The zero-order valence-electron chi connectivity index (χ0n) is 12.2. The molecule has 1 aromatic heterocycles. The third-order valence-electron chi connectivity index (χ3n) is 3.35. The van der Waals surface area contributed by atoms with Crippen LogP contribution < -0.4 is 5.32 Å². The molecular formula is C17H20N2O2. The second-order valence-electron chi connectivity index (χ2n) is 5.01. The molecule has 1 aliphatic rings. The number of carbonyl (C=O) groups excluding carboxylic acids is 2. The predicted octanol–water partition coefficient (Wildman–Crippen LogP) is 3.32. The van der Waals surface area contributed by atoms with E-state index in [-0.39, 0.29) is 11.8 Å². The number of nitrogens with one attached hydrogen (secondary N) is 2. The summed E-state index contributed by atoms with van der Waals surface area (Å²) in [5.74, 6) is -0.484. The van der Waals surface area contributed by atoms with Gasteiger partial charge in [0.1, 0.15) is 0 Å². The van der Waals surface area contributed by atoms with Crippen LogP contribution in [0.4, 0.5) is 0 Å². The van der Waals surface area contributed by atoms with Gasteiger partial charge in [0.25, 0.3) is 11.8 Å². The number of unbranched alkanes of at least 4 members (excludes halogenated alkanes) is 2. The Hall–Kier alpha value is -2.36. The molecule has 0 aliphatic carbocycles. The highest BCUT2D eigenvalue weighted by Crippen LogP contribution is 2.12. The minimum absolute atomic E-state index is 0.212. The standard InChI is InChI=1S/C9H13NO2.C8H7N/c1-2-3-4-5-7-6-8(11)10-9(7)12;1-2-4-8-7(3-1)5-6-9-8/h6H,2-5H2,1H3,(H,10,11,12);1-6,9H. The molecule has 4 nitrogen and oxygen atoms in total. The van der Waals surface area contributed by atoms with Gasteiger partial charge in [0.05, 0.1) is 0 Å². The van der Waals surface area contributed by atoms with Crippen LogP contribution in [-0.2, 0) is 9.59 Å². The van der Waals surface area contributed by atoms with Crippen molar-refractivity contribution in [2.24, 2.45) is 0 Å². The molecule has 110 valence electrons. The molecule has 2 aromatic rings. The summed E-state index contributed by atoms with van der Waals surface area (Å²) in [6.07, 6.45) is 7.30. The number of fused-ring (bicyclic) bond motifs is 1. The van der Waals surface area contributed by atoms with Gasteiger partial charge in [0.15, 0.2) is 0 Å². The zero-order chi connectivity index (χ0) is 15.1. The summed E-state index contributed by atoms with van der Waals surface area (Å²) in [7, 11) is 0. The van der Waals surface area contributed by atoms with Crippen LogP contribution in [0.3, 0.4) is 0 Å². The lowest BCUT2D eigenvalue weighted by molar-refractivity contribution is -0.123. The van der Waals surface area contributed by atoms with Crippen LogP contribution in [0.5, 0.6) is 0 Å². The number of aromatic nitrogens is 1. The maximum absolute atomic E-state index is 11.0.